The molecule has 1 amide bonds. The van der Waals surface area contributed by atoms with Crippen molar-refractivity contribution < 1.29 is 9.21 Å². The molecular weight excluding hydrogens is 425 g/mol. The van der Waals surface area contributed by atoms with Gasteiger partial charge in [-0.1, -0.05) is 0 Å². The van der Waals surface area contributed by atoms with E-state index < -0.39 is 0 Å². The maximum atomic E-state index is 13.4. The third kappa shape index (κ3) is 4.48. The number of pyridine rings is 1. The first-order valence-corrected chi connectivity index (χ1v) is 9.91. The van der Waals surface area contributed by atoms with Crippen LogP contribution >= 0.6 is 24.8 Å². The number of amides is 1. The van der Waals surface area contributed by atoms with Crippen LogP contribution in [0.15, 0.2) is 22.7 Å². The van der Waals surface area contributed by atoms with Gasteiger partial charge in [0.05, 0.1) is 22.8 Å². The highest BCUT2D eigenvalue weighted by Gasteiger charge is 2.24. The highest BCUT2D eigenvalue weighted by molar-refractivity contribution is 6.06. The van der Waals surface area contributed by atoms with Crippen molar-refractivity contribution in [3.63, 3.8) is 0 Å². The first kappa shape index (κ1) is 24.2. The van der Waals surface area contributed by atoms with Crippen LogP contribution in [0.5, 0.6) is 0 Å². The minimum atomic E-state index is 0. The Kier molecular flexibility index (Phi) is 7.91. The van der Waals surface area contributed by atoms with Crippen LogP contribution in [0, 0.1) is 13.8 Å². The van der Waals surface area contributed by atoms with E-state index in [9.17, 15) is 4.79 Å². The molecule has 1 saturated heterocycles. The lowest BCUT2D eigenvalue weighted by Gasteiger charge is -2.21. The Balaban J connectivity index is 0.00000160. The molecular formula is C21H29Cl2N5O2. The summed E-state index contributed by atoms with van der Waals surface area (Å²) in [5.74, 6) is 1.68. The van der Waals surface area contributed by atoms with Crippen LogP contribution in [-0.2, 0) is 0 Å². The van der Waals surface area contributed by atoms with Crippen LogP contribution < -0.4 is 5.32 Å². The number of rotatable bonds is 3. The summed E-state index contributed by atoms with van der Waals surface area (Å²) in [5, 5.41) is 8.67. The Hall–Kier alpha value is -2.09. The van der Waals surface area contributed by atoms with Crippen molar-refractivity contribution in [2.24, 2.45) is 0 Å². The molecule has 164 valence electrons. The quantitative estimate of drug-likeness (QED) is 0.643. The van der Waals surface area contributed by atoms with E-state index in [1.54, 1.807) is 6.20 Å². The van der Waals surface area contributed by atoms with E-state index in [0.29, 0.717) is 12.1 Å². The summed E-state index contributed by atoms with van der Waals surface area (Å²) < 4.78 is 7.58. The first-order chi connectivity index (χ1) is 13.5. The molecule has 0 unspecified atom stereocenters. The van der Waals surface area contributed by atoms with Crippen LogP contribution in [-0.4, -0.2) is 51.8 Å². The van der Waals surface area contributed by atoms with Crippen molar-refractivity contribution in [2.75, 3.05) is 26.2 Å². The van der Waals surface area contributed by atoms with Crippen LogP contribution in [0.1, 0.15) is 48.2 Å². The normalized spacial score (nSPS) is 14.4. The number of halogens is 2. The smallest absolute Gasteiger partial charge is 0.254 e. The largest absolute Gasteiger partial charge is 0.466 e. The Morgan fingerprint density at radius 3 is 2.60 bits per heavy atom. The maximum absolute atomic E-state index is 13.4. The molecule has 0 aliphatic carbocycles. The molecule has 0 bridgehead atoms. The summed E-state index contributed by atoms with van der Waals surface area (Å²) in [6, 6.07) is 4.02. The standard InChI is InChI=1S/C21H27N5O2.2ClH/c1-13(2)26-20-18(12-23-26)17(21(27)25-8-5-6-22-7-9-25)11-19(24-20)16-10-14(3)28-15(16)4;;/h10-13,22H,5-9H2,1-4H3;2*1H. The number of hydrogen-bond donors (Lipinski definition) is 1. The Labute approximate surface area is 189 Å². The van der Waals surface area contributed by atoms with E-state index in [1.165, 1.54) is 0 Å². The number of nitrogens with zero attached hydrogens (tertiary/aromatic N) is 4. The molecule has 4 rings (SSSR count). The SMILES string of the molecule is Cc1cc(-c2cc(C(=O)N3CCCNCC3)c3cnn(C(C)C)c3n2)c(C)o1.Cl.Cl. The van der Waals surface area contributed by atoms with Crippen LogP contribution in [0.4, 0.5) is 0 Å². The third-order valence-corrected chi connectivity index (χ3v) is 5.23. The van der Waals surface area contributed by atoms with Crippen molar-refractivity contribution in [3.8, 4) is 11.3 Å². The van der Waals surface area contributed by atoms with Gasteiger partial charge in [-0.3, -0.25) is 4.79 Å². The van der Waals surface area contributed by atoms with Gasteiger partial charge in [-0.05, 0) is 52.8 Å². The molecule has 3 aromatic rings. The fraction of sp³-hybridized carbons (Fsp3) is 0.476. The molecule has 3 aromatic heterocycles. The van der Waals surface area contributed by atoms with Crippen molar-refractivity contribution in [3.05, 3.63) is 35.4 Å². The minimum absolute atomic E-state index is 0. The van der Waals surface area contributed by atoms with Crippen LogP contribution in [0.2, 0.25) is 0 Å². The highest BCUT2D eigenvalue weighted by atomic mass is 35.5. The summed E-state index contributed by atoms with van der Waals surface area (Å²) in [7, 11) is 0. The Bertz CT molecular complexity index is 1020. The number of aryl methyl sites for hydroxylation is 2. The molecule has 9 heteroatoms. The molecule has 30 heavy (non-hydrogen) atoms. The minimum Gasteiger partial charge on any atom is -0.466 e. The van der Waals surface area contributed by atoms with Gasteiger partial charge in [-0.25, -0.2) is 9.67 Å². The average molecular weight is 454 g/mol. The number of carbonyl (C=O) groups excluding carboxylic acids is 1. The van der Waals surface area contributed by atoms with Crippen molar-refractivity contribution in [2.45, 2.75) is 40.2 Å². The molecule has 1 aliphatic rings. The first-order valence-electron chi connectivity index (χ1n) is 9.91. The van der Waals surface area contributed by atoms with Gasteiger partial charge in [0.1, 0.15) is 11.5 Å². The number of furan rings is 1. The summed E-state index contributed by atoms with van der Waals surface area (Å²) in [4.78, 5) is 20.2. The second kappa shape index (κ2) is 9.81. The lowest BCUT2D eigenvalue weighted by Crippen LogP contribution is -2.34. The van der Waals surface area contributed by atoms with E-state index >= 15 is 0 Å². The fourth-order valence-corrected chi connectivity index (χ4v) is 3.82. The number of aromatic nitrogens is 3. The zero-order valence-corrected chi connectivity index (χ0v) is 19.4. The van der Waals surface area contributed by atoms with Gasteiger partial charge in [-0.15, -0.1) is 24.8 Å². The topological polar surface area (TPSA) is 76.2 Å². The monoisotopic (exact) mass is 453 g/mol. The molecule has 1 N–H and O–H groups in total. The number of hydrogen-bond acceptors (Lipinski definition) is 5. The van der Waals surface area contributed by atoms with Gasteiger partial charge in [-0.2, -0.15) is 5.10 Å². The third-order valence-electron chi connectivity index (χ3n) is 5.23. The highest BCUT2D eigenvalue weighted by Crippen LogP contribution is 2.30. The van der Waals surface area contributed by atoms with E-state index in [2.05, 4.69) is 24.3 Å². The van der Waals surface area contributed by atoms with Crippen molar-refractivity contribution >= 4 is 41.8 Å². The predicted molar refractivity (Wildman–Crippen MR) is 123 cm³/mol. The van der Waals surface area contributed by atoms with E-state index in [1.807, 2.05) is 35.6 Å². The Morgan fingerprint density at radius 1 is 1.17 bits per heavy atom. The van der Waals surface area contributed by atoms with Crippen LogP contribution in [0.3, 0.4) is 0 Å². The van der Waals surface area contributed by atoms with E-state index in [0.717, 1.165) is 59.9 Å². The predicted octanol–water partition coefficient (Wildman–Crippen LogP) is 4.17. The van der Waals surface area contributed by atoms with Gasteiger partial charge < -0.3 is 14.6 Å². The van der Waals surface area contributed by atoms with Gasteiger partial charge in [0.2, 0.25) is 0 Å². The van der Waals surface area contributed by atoms with Gasteiger partial charge in [0.15, 0.2) is 5.65 Å². The molecule has 0 spiro atoms. The summed E-state index contributed by atoms with van der Waals surface area (Å²) in [6.07, 6.45) is 2.72. The maximum Gasteiger partial charge on any atom is 0.254 e. The second-order valence-corrected chi connectivity index (χ2v) is 7.70. The van der Waals surface area contributed by atoms with E-state index in [-0.39, 0.29) is 36.8 Å². The van der Waals surface area contributed by atoms with E-state index in [4.69, 9.17) is 9.40 Å². The molecule has 1 fully saturated rings. The molecule has 0 atom stereocenters. The molecule has 7 nitrogen and oxygen atoms in total. The molecule has 0 radical (unpaired) electrons. The average Bonchev–Trinajstić information content (AvgIpc) is 3.11. The zero-order valence-electron chi connectivity index (χ0n) is 17.8. The van der Waals surface area contributed by atoms with Gasteiger partial charge >= 0.3 is 0 Å². The van der Waals surface area contributed by atoms with Crippen LogP contribution in [0.25, 0.3) is 22.3 Å². The number of fused-ring (bicyclic) bond motifs is 1. The summed E-state index contributed by atoms with van der Waals surface area (Å²) in [5.41, 5.74) is 3.07. The van der Waals surface area contributed by atoms with Crippen molar-refractivity contribution in [1.29, 1.82) is 0 Å². The molecule has 1 aliphatic heterocycles. The van der Waals surface area contributed by atoms with Crippen molar-refractivity contribution in [1.82, 2.24) is 25.0 Å². The lowest BCUT2D eigenvalue weighted by molar-refractivity contribution is 0.0768. The zero-order chi connectivity index (χ0) is 19.8. The number of nitrogens with one attached hydrogen (secondary N) is 1. The van der Waals surface area contributed by atoms with Gasteiger partial charge in [0, 0.05) is 31.2 Å². The Morgan fingerprint density at radius 2 is 1.93 bits per heavy atom. The summed E-state index contributed by atoms with van der Waals surface area (Å²) >= 11 is 0. The van der Waals surface area contributed by atoms with Gasteiger partial charge in [0.25, 0.3) is 5.91 Å². The molecule has 0 saturated carbocycles. The molecule has 4 heterocycles. The fourth-order valence-electron chi connectivity index (χ4n) is 3.82. The molecule has 0 aromatic carbocycles. The summed E-state index contributed by atoms with van der Waals surface area (Å²) in [6.45, 7) is 11.2. The second-order valence-electron chi connectivity index (χ2n) is 7.70. The number of carbonyl (C=O) groups is 1. The lowest BCUT2D eigenvalue weighted by atomic mass is 10.1.